The van der Waals surface area contributed by atoms with Crippen molar-refractivity contribution in [1.29, 1.82) is 0 Å². The predicted molar refractivity (Wildman–Crippen MR) is 86.1 cm³/mol. The first-order chi connectivity index (χ1) is 11.4. The van der Waals surface area contributed by atoms with Crippen LogP contribution in [0.25, 0.3) is 0 Å². The summed E-state index contributed by atoms with van der Waals surface area (Å²) in [6.07, 6.45) is 1.42. The second-order valence-electron chi connectivity index (χ2n) is 5.84. The highest BCUT2D eigenvalue weighted by Crippen LogP contribution is 2.28. The lowest BCUT2D eigenvalue weighted by atomic mass is 9.99. The number of nitrogens with one attached hydrogen (secondary N) is 2. The Morgan fingerprint density at radius 1 is 1.25 bits per heavy atom. The van der Waals surface area contributed by atoms with Gasteiger partial charge in [-0.15, -0.1) is 0 Å². The molecule has 0 radical (unpaired) electrons. The van der Waals surface area contributed by atoms with Crippen LogP contribution in [0.2, 0.25) is 0 Å². The van der Waals surface area contributed by atoms with Crippen molar-refractivity contribution in [3.8, 4) is 0 Å². The zero-order chi connectivity index (χ0) is 17.3. The summed E-state index contributed by atoms with van der Waals surface area (Å²) in [6, 6.07) is 9.84. The van der Waals surface area contributed by atoms with Gasteiger partial charge in [-0.3, -0.25) is 14.5 Å². The fourth-order valence-electron chi connectivity index (χ4n) is 2.55. The fraction of sp³-hybridized carbons (Fsp3) is 0.235. The number of carbonyl (C=O) groups excluding carboxylic acids is 3. The van der Waals surface area contributed by atoms with E-state index in [0.29, 0.717) is 11.4 Å². The Morgan fingerprint density at radius 3 is 2.58 bits per heavy atom. The average molecular weight is 327 g/mol. The lowest BCUT2D eigenvalue weighted by molar-refractivity contribution is -0.134. The number of anilines is 1. The van der Waals surface area contributed by atoms with Gasteiger partial charge in [0, 0.05) is 5.69 Å². The molecule has 0 saturated carbocycles. The third kappa shape index (κ3) is 2.76. The van der Waals surface area contributed by atoms with E-state index in [4.69, 9.17) is 4.42 Å². The zero-order valence-corrected chi connectivity index (χ0v) is 13.3. The Hall–Kier alpha value is -3.09. The molecule has 7 heteroatoms. The topological polar surface area (TPSA) is 91.7 Å². The highest BCUT2D eigenvalue weighted by atomic mass is 16.3. The number of nitrogens with zero attached hydrogens (tertiary/aromatic N) is 1. The van der Waals surface area contributed by atoms with Gasteiger partial charge in [-0.2, -0.15) is 0 Å². The second-order valence-corrected chi connectivity index (χ2v) is 5.84. The van der Waals surface area contributed by atoms with E-state index in [0.717, 1.165) is 10.5 Å². The molecule has 124 valence electrons. The maximum Gasteiger partial charge on any atom is 0.325 e. The Morgan fingerprint density at radius 2 is 1.96 bits per heavy atom. The molecule has 2 aromatic rings. The molecular weight excluding hydrogens is 310 g/mol. The number of carbonyl (C=O) groups is 3. The Balaban J connectivity index is 1.71. The zero-order valence-electron chi connectivity index (χ0n) is 13.3. The molecule has 1 aromatic carbocycles. The third-order valence-corrected chi connectivity index (χ3v) is 3.93. The van der Waals surface area contributed by atoms with Crippen LogP contribution >= 0.6 is 0 Å². The average Bonchev–Trinajstić information content (AvgIpc) is 3.14. The van der Waals surface area contributed by atoms with Crippen LogP contribution in [0.4, 0.5) is 10.5 Å². The summed E-state index contributed by atoms with van der Waals surface area (Å²) in [5, 5.41) is 5.24. The van der Waals surface area contributed by atoms with Crippen molar-refractivity contribution in [3.63, 3.8) is 0 Å². The Bertz CT molecular complexity index is 783. The molecule has 1 aliphatic heterocycles. The maximum atomic E-state index is 12.6. The lowest BCUT2D eigenvalue weighted by Crippen LogP contribution is -2.41. The summed E-state index contributed by atoms with van der Waals surface area (Å²) in [5.41, 5.74) is 0.368. The molecule has 3 rings (SSSR count). The van der Waals surface area contributed by atoms with E-state index < -0.39 is 23.4 Å². The molecule has 1 atom stereocenters. The van der Waals surface area contributed by atoms with Gasteiger partial charge in [0.15, 0.2) is 5.54 Å². The largest absolute Gasteiger partial charge is 0.466 e. The predicted octanol–water partition coefficient (Wildman–Crippen LogP) is 1.99. The normalized spacial score (nSPS) is 20.2. The summed E-state index contributed by atoms with van der Waals surface area (Å²) >= 11 is 0. The van der Waals surface area contributed by atoms with Crippen LogP contribution in [0.5, 0.6) is 0 Å². The number of imide groups is 1. The van der Waals surface area contributed by atoms with E-state index in [1.54, 1.807) is 31.2 Å². The van der Waals surface area contributed by atoms with Gasteiger partial charge in [-0.05, 0) is 38.1 Å². The smallest absolute Gasteiger partial charge is 0.325 e. The third-order valence-electron chi connectivity index (χ3n) is 3.93. The van der Waals surface area contributed by atoms with Crippen LogP contribution < -0.4 is 10.6 Å². The Labute approximate surface area is 138 Å². The van der Waals surface area contributed by atoms with Crippen LogP contribution in [0.15, 0.2) is 47.1 Å². The molecule has 4 amide bonds. The van der Waals surface area contributed by atoms with Gasteiger partial charge in [0.25, 0.3) is 5.91 Å². The van der Waals surface area contributed by atoms with Crippen molar-refractivity contribution >= 4 is 23.5 Å². The molecule has 1 aromatic heterocycles. The maximum absolute atomic E-state index is 12.6. The summed E-state index contributed by atoms with van der Waals surface area (Å²) in [5.74, 6) is -0.658. The van der Waals surface area contributed by atoms with E-state index >= 15 is 0 Å². The minimum absolute atomic E-state index is 0.322. The standard InChI is InChI=1S/C17H17N3O4/c1-11-5-7-12(8-6-11)18-14(21)10-20-15(22)17(2,19-16(20)23)13-4-3-9-24-13/h3-9H,10H2,1-2H3,(H,18,21)(H,19,23). The molecule has 0 bridgehead atoms. The number of furan rings is 1. The lowest BCUT2D eigenvalue weighted by Gasteiger charge is -2.18. The van der Waals surface area contributed by atoms with Crippen LogP contribution in [0, 0.1) is 6.92 Å². The minimum atomic E-state index is -1.30. The van der Waals surface area contributed by atoms with Crippen LogP contribution in [-0.2, 0) is 15.1 Å². The van der Waals surface area contributed by atoms with E-state index in [1.165, 1.54) is 6.26 Å². The first-order valence-electron chi connectivity index (χ1n) is 7.45. The van der Waals surface area contributed by atoms with Crippen LogP contribution in [0.3, 0.4) is 0 Å². The van der Waals surface area contributed by atoms with Crippen LogP contribution in [-0.4, -0.2) is 29.3 Å². The van der Waals surface area contributed by atoms with Crippen molar-refractivity contribution in [2.45, 2.75) is 19.4 Å². The molecule has 1 aliphatic rings. The summed E-state index contributed by atoms with van der Waals surface area (Å²) in [7, 11) is 0. The molecule has 0 aliphatic carbocycles. The highest BCUT2D eigenvalue weighted by molar-refractivity contribution is 6.09. The van der Waals surface area contributed by atoms with E-state index in [-0.39, 0.29) is 6.54 Å². The number of urea groups is 1. The van der Waals surface area contributed by atoms with E-state index in [2.05, 4.69) is 10.6 Å². The molecule has 7 nitrogen and oxygen atoms in total. The van der Waals surface area contributed by atoms with Crippen molar-refractivity contribution in [2.24, 2.45) is 0 Å². The first kappa shape index (κ1) is 15.8. The number of benzene rings is 1. The van der Waals surface area contributed by atoms with Gasteiger partial charge >= 0.3 is 6.03 Å². The number of rotatable bonds is 4. The van der Waals surface area contributed by atoms with Crippen molar-refractivity contribution in [1.82, 2.24) is 10.2 Å². The van der Waals surface area contributed by atoms with Crippen molar-refractivity contribution in [2.75, 3.05) is 11.9 Å². The molecule has 1 saturated heterocycles. The Kier molecular flexibility index (Phi) is 3.84. The monoisotopic (exact) mass is 327 g/mol. The highest BCUT2D eigenvalue weighted by Gasteiger charge is 2.51. The van der Waals surface area contributed by atoms with E-state index in [1.807, 2.05) is 19.1 Å². The summed E-state index contributed by atoms with van der Waals surface area (Å²) in [4.78, 5) is 37.7. The second kappa shape index (κ2) is 5.84. The number of hydrogen-bond donors (Lipinski definition) is 2. The molecule has 1 unspecified atom stereocenters. The summed E-state index contributed by atoms with van der Waals surface area (Å²) in [6.45, 7) is 3.12. The molecule has 2 N–H and O–H groups in total. The van der Waals surface area contributed by atoms with Crippen LogP contribution in [0.1, 0.15) is 18.2 Å². The van der Waals surface area contributed by atoms with Gasteiger partial charge in [0.2, 0.25) is 5.91 Å². The quantitative estimate of drug-likeness (QED) is 0.840. The van der Waals surface area contributed by atoms with Gasteiger partial charge < -0.3 is 15.1 Å². The minimum Gasteiger partial charge on any atom is -0.466 e. The molecular formula is C17H17N3O4. The van der Waals surface area contributed by atoms with Gasteiger partial charge in [0.1, 0.15) is 12.3 Å². The van der Waals surface area contributed by atoms with Gasteiger partial charge in [-0.25, -0.2) is 4.79 Å². The molecule has 0 spiro atoms. The first-order valence-corrected chi connectivity index (χ1v) is 7.45. The van der Waals surface area contributed by atoms with Gasteiger partial charge in [-0.1, -0.05) is 17.7 Å². The number of aryl methyl sites for hydroxylation is 1. The molecule has 2 heterocycles. The molecule has 24 heavy (non-hydrogen) atoms. The fourth-order valence-corrected chi connectivity index (χ4v) is 2.55. The number of amides is 4. The van der Waals surface area contributed by atoms with Crippen molar-refractivity contribution < 1.29 is 18.8 Å². The SMILES string of the molecule is Cc1ccc(NC(=O)CN2C(=O)NC(C)(c3ccco3)C2=O)cc1. The number of hydrogen-bond acceptors (Lipinski definition) is 4. The van der Waals surface area contributed by atoms with E-state index in [9.17, 15) is 14.4 Å². The summed E-state index contributed by atoms with van der Waals surface area (Å²) < 4.78 is 5.24. The molecule has 1 fully saturated rings. The van der Waals surface area contributed by atoms with Crippen molar-refractivity contribution in [3.05, 3.63) is 54.0 Å². The van der Waals surface area contributed by atoms with Gasteiger partial charge in [0.05, 0.1) is 6.26 Å².